The molecule has 2 N–H and O–H groups in total. The second-order valence-electron chi connectivity index (χ2n) is 3.67. The Kier molecular flexibility index (Phi) is 6.14. The number of hydrogen-bond acceptors (Lipinski definition) is 2. The van der Waals surface area contributed by atoms with Crippen molar-refractivity contribution in [3.63, 3.8) is 0 Å². The fourth-order valence-electron chi connectivity index (χ4n) is 1.41. The maximum absolute atomic E-state index is 6.05. The van der Waals surface area contributed by atoms with Gasteiger partial charge in [0.15, 0.2) is 0 Å². The molecular formula is C12H17Cl2NO. The van der Waals surface area contributed by atoms with Crippen molar-refractivity contribution in [1.82, 2.24) is 0 Å². The Bertz CT molecular complexity index is 331. The highest BCUT2D eigenvalue weighted by atomic mass is 35.5. The van der Waals surface area contributed by atoms with Crippen molar-refractivity contribution in [2.75, 3.05) is 13.2 Å². The highest BCUT2D eigenvalue weighted by Crippen LogP contribution is 2.26. The summed E-state index contributed by atoms with van der Waals surface area (Å²) in [5, 5.41) is 1.32. The van der Waals surface area contributed by atoms with Crippen LogP contribution in [0.5, 0.6) is 0 Å². The Morgan fingerprint density at radius 3 is 2.75 bits per heavy atom. The van der Waals surface area contributed by atoms with Gasteiger partial charge in [0, 0.05) is 29.3 Å². The molecule has 2 nitrogen and oxygen atoms in total. The normalized spacial score (nSPS) is 12.8. The van der Waals surface area contributed by atoms with Gasteiger partial charge in [-0.1, -0.05) is 30.1 Å². The molecule has 90 valence electrons. The van der Waals surface area contributed by atoms with Crippen LogP contribution in [0.1, 0.15) is 31.4 Å². The summed E-state index contributed by atoms with van der Waals surface area (Å²) in [4.78, 5) is 0. The lowest BCUT2D eigenvalue weighted by Crippen LogP contribution is -2.14. The first kappa shape index (κ1) is 13.8. The number of hydrogen-bond donors (Lipinski definition) is 1. The summed E-state index contributed by atoms with van der Waals surface area (Å²) in [6.07, 6.45) is 1.77. The van der Waals surface area contributed by atoms with Crippen LogP contribution < -0.4 is 5.73 Å². The molecule has 1 aromatic rings. The topological polar surface area (TPSA) is 35.2 Å². The van der Waals surface area contributed by atoms with Crippen LogP contribution in [0.15, 0.2) is 18.2 Å². The van der Waals surface area contributed by atoms with E-state index in [0.29, 0.717) is 16.7 Å². The second-order valence-corrected chi connectivity index (χ2v) is 4.52. The van der Waals surface area contributed by atoms with Gasteiger partial charge in [0.2, 0.25) is 0 Å². The fraction of sp³-hybridized carbons (Fsp3) is 0.500. The zero-order valence-electron chi connectivity index (χ0n) is 9.38. The van der Waals surface area contributed by atoms with E-state index < -0.39 is 0 Å². The summed E-state index contributed by atoms with van der Waals surface area (Å²) in [6.45, 7) is 3.50. The molecule has 0 aromatic heterocycles. The zero-order chi connectivity index (χ0) is 12.0. The largest absolute Gasteiger partial charge is 0.381 e. The summed E-state index contributed by atoms with van der Waals surface area (Å²) >= 11 is 12.0. The summed E-state index contributed by atoms with van der Waals surface area (Å²) in [5.41, 5.74) is 6.91. The van der Waals surface area contributed by atoms with Gasteiger partial charge in [0.25, 0.3) is 0 Å². The molecule has 0 fully saturated rings. The molecule has 0 aliphatic carbocycles. The van der Waals surface area contributed by atoms with Crippen LogP contribution in [0.2, 0.25) is 10.0 Å². The first-order chi connectivity index (χ1) is 7.65. The molecule has 0 aliphatic rings. The zero-order valence-corrected chi connectivity index (χ0v) is 10.9. The first-order valence-corrected chi connectivity index (χ1v) is 6.19. The number of rotatable bonds is 6. The molecule has 0 bridgehead atoms. The molecule has 1 aromatic carbocycles. The average molecular weight is 262 g/mol. The van der Waals surface area contributed by atoms with Crippen molar-refractivity contribution >= 4 is 23.2 Å². The molecule has 16 heavy (non-hydrogen) atoms. The number of ether oxygens (including phenoxy) is 1. The molecule has 0 saturated heterocycles. The van der Waals surface area contributed by atoms with Gasteiger partial charge in [-0.15, -0.1) is 0 Å². The maximum Gasteiger partial charge on any atom is 0.0484 e. The van der Waals surface area contributed by atoms with E-state index in [1.165, 1.54) is 0 Å². The van der Waals surface area contributed by atoms with E-state index in [0.717, 1.165) is 25.0 Å². The average Bonchev–Trinajstić information content (AvgIpc) is 2.27. The standard InChI is InChI=1S/C12H17Cl2NO/c1-2-6-16-7-5-12(15)10-8-9(13)3-4-11(10)14/h3-4,8,12H,2,5-7,15H2,1H3. The van der Waals surface area contributed by atoms with Gasteiger partial charge in [0.05, 0.1) is 0 Å². The van der Waals surface area contributed by atoms with Crippen molar-refractivity contribution in [3.8, 4) is 0 Å². The molecule has 0 amide bonds. The lowest BCUT2D eigenvalue weighted by atomic mass is 10.1. The van der Waals surface area contributed by atoms with E-state index in [1.54, 1.807) is 12.1 Å². The predicted molar refractivity (Wildman–Crippen MR) is 69.1 cm³/mol. The predicted octanol–water partition coefficient (Wildman–Crippen LogP) is 3.81. The van der Waals surface area contributed by atoms with Crippen molar-refractivity contribution in [2.45, 2.75) is 25.8 Å². The summed E-state index contributed by atoms with van der Waals surface area (Å²) < 4.78 is 5.39. The van der Waals surface area contributed by atoms with Gasteiger partial charge in [-0.25, -0.2) is 0 Å². The Balaban J connectivity index is 2.51. The minimum atomic E-state index is -0.122. The summed E-state index contributed by atoms with van der Waals surface area (Å²) in [7, 11) is 0. The molecule has 1 rings (SSSR count). The van der Waals surface area contributed by atoms with Crippen LogP contribution in [0, 0.1) is 0 Å². The number of nitrogens with two attached hydrogens (primary N) is 1. The molecule has 1 unspecified atom stereocenters. The Labute approximate surface area is 107 Å². The van der Waals surface area contributed by atoms with E-state index in [9.17, 15) is 0 Å². The van der Waals surface area contributed by atoms with Crippen molar-refractivity contribution in [3.05, 3.63) is 33.8 Å². The van der Waals surface area contributed by atoms with Gasteiger partial charge >= 0.3 is 0 Å². The minimum Gasteiger partial charge on any atom is -0.381 e. The van der Waals surface area contributed by atoms with E-state index in [-0.39, 0.29) is 6.04 Å². The summed E-state index contributed by atoms with van der Waals surface area (Å²) in [6, 6.07) is 5.22. The molecule has 0 heterocycles. The SMILES string of the molecule is CCCOCCC(N)c1cc(Cl)ccc1Cl. The van der Waals surface area contributed by atoms with Crippen LogP contribution >= 0.6 is 23.2 Å². The Morgan fingerprint density at radius 2 is 2.06 bits per heavy atom. The van der Waals surface area contributed by atoms with Crippen LogP contribution in [0.4, 0.5) is 0 Å². The third-order valence-electron chi connectivity index (χ3n) is 2.28. The monoisotopic (exact) mass is 261 g/mol. The van der Waals surface area contributed by atoms with Crippen molar-refractivity contribution in [2.24, 2.45) is 5.73 Å². The molecular weight excluding hydrogens is 245 g/mol. The Hall–Kier alpha value is -0.280. The summed E-state index contributed by atoms with van der Waals surface area (Å²) in [5.74, 6) is 0. The molecule has 4 heteroatoms. The molecule has 0 aliphatic heterocycles. The number of halogens is 2. The van der Waals surface area contributed by atoms with Crippen LogP contribution in [-0.4, -0.2) is 13.2 Å². The van der Waals surface area contributed by atoms with E-state index >= 15 is 0 Å². The van der Waals surface area contributed by atoms with E-state index in [2.05, 4.69) is 6.92 Å². The van der Waals surface area contributed by atoms with Gasteiger partial charge in [-0.05, 0) is 36.6 Å². The van der Waals surface area contributed by atoms with Crippen molar-refractivity contribution in [1.29, 1.82) is 0 Å². The highest BCUT2D eigenvalue weighted by molar-refractivity contribution is 6.33. The van der Waals surface area contributed by atoms with Crippen LogP contribution in [-0.2, 0) is 4.74 Å². The third kappa shape index (κ3) is 4.30. The Morgan fingerprint density at radius 1 is 1.31 bits per heavy atom. The van der Waals surface area contributed by atoms with Crippen molar-refractivity contribution < 1.29 is 4.74 Å². The molecule has 0 radical (unpaired) electrons. The van der Waals surface area contributed by atoms with Gasteiger partial charge in [-0.2, -0.15) is 0 Å². The van der Waals surface area contributed by atoms with Crippen LogP contribution in [0.25, 0.3) is 0 Å². The molecule has 0 saturated carbocycles. The third-order valence-corrected chi connectivity index (χ3v) is 2.86. The van der Waals surface area contributed by atoms with Gasteiger partial charge in [0.1, 0.15) is 0 Å². The van der Waals surface area contributed by atoms with Crippen LogP contribution in [0.3, 0.4) is 0 Å². The van der Waals surface area contributed by atoms with Gasteiger partial charge < -0.3 is 10.5 Å². The lowest BCUT2D eigenvalue weighted by molar-refractivity contribution is 0.128. The first-order valence-electron chi connectivity index (χ1n) is 5.43. The quantitative estimate of drug-likeness (QED) is 0.791. The molecule has 0 spiro atoms. The van der Waals surface area contributed by atoms with E-state index in [1.807, 2.05) is 6.07 Å². The molecule has 1 atom stereocenters. The van der Waals surface area contributed by atoms with Gasteiger partial charge in [-0.3, -0.25) is 0 Å². The maximum atomic E-state index is 6.05. The minimum absolute atomic E-state index is 0.122. The van der Waals surface area contributed by atoms with E-state index in [4.69, 9.17) is 33.7 Å². The lowest BCUT2D eigenvalue weighted by Gasteiger charge is -2.14. The second kappa shape index (κ2) is 7.13. The smallest absolute Gasteiger partial charge is 0.0484 e. The fourth-order valence-corrected chi connectivity index (χ4v) is 1.85. The highest BCUT2D eigenvalue weighted by Gasteiger charge is 2.10. The number of benzene rings is 1.